The maximum atomic E-state index is 8.89. The highest BCUT2D eigenvalue weighted by molar-refractivity contribution is 6.30. The minimum Gasteiger partial charge on any atom is -0.392 e. The van der Waals surface area contributed by atoms with E-state index in [9.17, 15) is 0 Å². The average molecular weight is 223 g/mol. The summed E-state index contributed by atoms with van der Waals surface area (Å²) in [6.07, 6.45) is 3.39. The predicted octanol–water partition coefficient (Wildman–Crippen LogP) is 2.08. The fraction of sp³-hybridized carbons (Fsp3) is 0.182. The Morgan fingerprint density at radius 3 is 2.40 bits per heavy atom. The molecule has 2 aromatic rings. The van der Waals surface area contributed by atoms with E-state index in [1.165, 1.54) is 0 Å². The zero-order chi connectivity index (χ0) is 10.7. The molecule has 0 fully saturated rings. The molecule has 0 atom stereocenters. The molecule has 1 heterocycles. The Bertz CT molecular complexity index is 436. The van der Waals surface area contributed by atoms with Crippen molar-refractivity contribution in [2.45, 2.75) is 13.2 Å². The van der Waals surface area contributed by atoms with Crippen LogP contribution in [0.5, 0.6) is 0 Å². The molecule has 0 aliphatic carbocycles. The lowest BCUT2D eigenvalue weighted by atomic mass is 10.1. The van der Waals surface area contributed by atoms with Crippen molar-refractivity contribution in [1.29, 1.82) is 0 Å². The van der Waals surface area contributed by atoms with Crippen LogP contribution in [-0.2, 0) is 13.2 Å². The topological polar surface area (TPSA) is 38.0 Å². The fourth-order valence-electron chi connectivity index (χ4n) is 1.36. The van der Waals surface area contributed by atoms with Gasteiger partial charge in [-0.05, 0) is 11.1 Å². The second-order valence-electron chi connectivity index (χ2n) is 3.33. The lowest BCUT2D eigenvalue weighted by Crippen LogP contribution is -1.99. The Morgan fingerprint density at radius 1 is 1.20 bits per heavy atom. The highest BCUT2D eigenvalue weighted by Crippen LogP contribution is 2.09. The first-order valence-corrected chi connectivity index (χ1v) is 5.02. The predicted molar refractivity (Wildman–Crippen MR) is 58.7 cm³/mol. The molecule has 0 saturated heterocycles. The van der Waals surface area contributed by atoms with Gasteiger partial charge in [-0.25, -0.2) is 0 Å². The highest BCUT2D eigenvalue weighted by atomic mass is 35.5. The minimum absolute atomic E-state index is 0.0773. The van der Waals surface area contributed by atoms with Crippen molar-refractivity contribution in [3.8, 4) is 0 Å². The Morgan fingerprint density at radius 2 is 1.87 bits per heavy atom. The van der Waals surface area contributed by atoms with Gasteiger partial charge in [0.25, 0.3) is 0 Å². The number of aromatic nitrogens is 2. The van der Waals surface area contributed by atoms with Crippen LogP contribution in [0, 0.1) is 0 Å². The molecule has 15 heavy (non-hydrogen) atoms. The van der Waals surface area contributed by atoms with Gasteiger partial charge in [0.2, 0.25) is 0 Å². The second kappa shape index (κ2) is 4.47. The lowest BCUT2D eigenvalue weighted by Gasteiger charge is -2.02. The van der Waals surface area contributed by atoms with Crippen molar-refractivity contribution in [1.82, 2.24) is 9.78 Å². The summed E-state index contributed by atoms with van der Waals surface area (Å²) in [5.41, 5.74) is 2.05. The van der Waals surface area contributed by atoms with Crippen LogP contribution >= 0.6 is 11.6 Å². The Kier molecular flexibility index (Phi) is 3.04. The smallest absolute Gasteiger partial charge is 0.0785 e. The van der Waals surface area contributed by atoms with E-state index in [2.05, 4.69) is 5.10 Å². The molecular formula is C11H11ClN2O. The van der Waals surface area contributed by atoms with Crippen molar-refractivity contribution < 1.29 is 5.11 Å². The van der Waals surface area contributed by atoms with Gasteiger partial charge in [0, 0.05) is 6.20 Å². The molecule has 1 N–H and O–H groups in total. The molecule has 1 aromatic carbocycles. The fourth-order valence-corrected chi connectivity index (χ4v) is 1.52. The maximum absolute atomic E-state index is 8.89. The largest absolute Gasteiger partial charge is 0.392 e. The Balaban J connectivity index is 2.11. The van der Waals surface area contributed by atoms with Crippen LogP contribution in [0.3, 0.4) is 0 Å². The van der Waals surface area contributed by atoms with Gasteiger partial charge in [0.05, 0.1) is 24.4 Å². The molecule has 3 nitrogen and oxygen atoms in total. The Hall–Kier alpha value is -1.32. The first-order chi connectivity index (χ1) is 7.28. The highest BCUT2D eigenvalue weighted by Gasteiger charge is 1.97. The molecule has 0 aliphatic heterocycles. The standard InChI is InChI=1S/C11H11ClN2O/c12-11-5-13-14(7-11)6-9-1-3-10(8-15)4-2-9/h1-5,7,15H,6,8H2. The van der Waals surface area contributed by atoms with Crippen LogP contribution in [0.15, 0.2) is 36.7 Å². The van der Waals surface area contributed by atoms with Crippen molar-refractivity contribution in [2.75, 3.05) is 0 Å². The zero-order valence-corrected chi connectivity index (χ0v) is 8.85. The molecule has 78 valence electrons. The monoisotopic (exact) mass is 222 g/mol. The SMILES string of the molecule is OCc1ccc(Cn2cc(Cl)cn2)cc1. The van der Waals surface area contributed by atoms with E-state index in [4.69, 9.17) is 16.7 Å². The number of rotatable bonds is 3. The van der Waals surface area contributed by atoms with Crippen LogP contribution in [0.25, 0.3) is 0 Å². The molecule has 0 amide bonds. The van der Waals surface area contributed by atoms with Crippen LogP contribution in [0.2, 0.25) is 5.02 Å². The molecule has 0 saturated carbocycles. The zero-order valence-electron chi connectivity index (χ0n) is 8.10. The van der Waals surface area contributed by atoms with Gasteiger partial charge in [0.15, 0.2) is 0 Å². The normalized spacial score (nSPS) is 10.5. The number of nitrogens with zero attached hydrogens (tertiary/aromatic N) is 2. The molecule has 1 aromatic heterocycles. The minimum atomic E-state index is 0.0773. The van der Waals surface area contributed by atoms with E-state index in [1.54, 1.807) is 17.1 Å². The second-order valence-corrected chi connectivity index (χ2v) is 3.77. The summed E-state index contributed by atoms with van der Waals surface area (Å²) in [6, 6.07) is 7.75. The van der Waals surface area contributed by atoms with Gasteiger partial charge in [-0.2, -0.15) is 5.10 Å². The third-order valence-corrected chi connectivity index (χ3v) is 2.35. The van der Waals surface area contributed by atoms with E-state index < -0.39 is 0 Å². The van der Waals surface area contributed by atoms with Crippen molar-refractivity contribution in [2.24, 2.45) is 0 Å². The third kappa shape index (κ3) is 2.58. The van der Waals surface area contributed by atoms with E-state index in [0.29, 0.717) is 11.6 Å². The summed E-state index contributed by atoms with van der Waals surface area (Å²) in [5, 5.41) is 13.6. The van der Waals surface area contributed by atoms with Gasteiger partial charge >= 0.3 is 0 Å². The summed E-state index contributed by atoms with van der Waals surface area (Å²) in [5.74, 6) is 0. The quantitative estimate of drug-likeness (QED) is 0.864. The van der Waals surface area contributed by atoms with Gasteiger partial charge in [-0.1, -0.05) is 35.9 Å². The van der Waals surface area contributed by atoms with Gasteiger partial charge < -0.3 is 5.11 Å². The van der Waals surface area contributed by atoms with Crippen molar-refractivity contribution in [3.63, 3.8) is 0 Å². The van der Waals surface area contributed by atoms with Gasteiger partial charge in [0.1, 0.15) is 0 Å². The summed E-state index contributed by atoms with van der Waals surface area (Å²) in [6.45, 7) is 0.770. The molecule has 0 radical (unpaired) electrons. The first kappa shape index (κ1) is 10.2. The first-order valence-electron chi connectivity index (χ1n) is 4.64. The van der Waals surface area contributed by atoms with Crippen LogP contribution in [0.4, 0.5) is 0 Å². The number of benzene rings is 1. The average Bonchev–Trinajstić information content (AvgIpc) is 2.65. The molecule has 0 spiro atoms. The summed E-state index contributed by atoms with van der Waals surface area (Å²) in [4.78, 5) is 0. The summed E-state index contributed by atoms with van der Waals surface area (Å²) < 4.78 is 1.77. The number of aliphatic hydroxyl groups is 1. The third-order valence-electron chi connectivity index (χ3n) is 2.15. The van der Waals surface area contributed by atoms with Crippen molar-refractivity contribution in [3.05, 3.63) is 52.8 Å². The summed E-state index contributed by atoms with van der Waals surface area (Å²) in [7, 11) is 0. The van der Waals surface area contributed by atoms with Crippen LogP contribution < -0.4 is 0 Å². The van der Waals surface area contributed by atoms with E-state index in [1.807, 2.05) is 24.3 Å². The molecule has 4 heteroatoms. The number of hydrogen-bond acceptors (Lipinski definition) is 2. The van der Waals surface area contributed by atoms with Crippen LogP contribution in [-0.4, -0.2) is 14.9 Å². The molecular weight excluding hydrogens is 212 g/mol. The van der Waals surface area contributed by atoms with E-state index in [-0.39, 0.29) is 6.61 Å². The lowest BCUT2D eigenvalue weighted by molar-refractivity contribution is 0.282. The molecule has 0 unspecified atom stereocenters. The molecule has 0 aliphatic rings. The van der Waals surface area contributed by atoms with E-state index in [0.717, 1.165) is 11.1 Å². The number of hydrogen-bond donors (Lipinski definition) is 1. The van der Waals surface area contributed by atoms with Gasteiger partial charge in [-0.15, -0.1) is 0 Å². The van der Waals surface area contributed by atoms with E-state index >= 15 is 0 Å². The summed E-state index contributed by atoms with van der Waals surface area (Å²) >= 11 is 5.76. The molecule has 0 bridgehead atoms. The molecule has 2 rings (SSSR count). The van der Waals surface area contributed by atoms with Gasteiger partial charge in [-0.3, -0.25) is 4.68 Å². The Labute approximate surface area is 92.9 Å². The van der Waals surface area contributed by atoms with Crippen LogP contribution in [0.1, 0.15) is 11.1 Å². The number of halogens is 1. The van der Waals surface area contributed by atoms with Crippen molar-refractivity contribution >= 4 is 11.6 Å². The maximum Gasteiger partial charge on any atom is 0.0785 e. The number of aliphatic hydroxyl groups excluding tert-OH is 1.